The monoisotopic (exact) mass is 404 g/mol. The number of halogens is 2. The smallest absolute Gasteiger partial charge is 0.254 e. The van der Waals surface area contributed by atoms with Crippen LogP contribution >= 0.6 is 24.0 Å². The molecule has 1 aliphatic rings. The van der Waals surface area contributed by atoms with Crippen LogP contribution in [0.25, 0.3) is 0 Å². The molecule has 5 nitrogen and oxygen atoms in total. The van der Waals surface area contributed by atoms with E-state index in [9.17, 15) is 4.79 Å². The van der Waals surface area contributed by atoms with Gasteiger partial charge in [-0.15, -0.1) is 12.4 Å². The Balaban J connectivity index is 0.00000338. The predicted octanol–water partition coefficient (Wildman–Crippen LogP) is 4.15. The first-order valence-electron chi connectivity index (χ1n) is 9.11. The summed E-state index contributed by atoms with van der Waals surface area (Å²) in [6, 6.07) is 3.58. The van der Waals surface area contributed by atoms with Gasteiger partial charge in [-0.2, -0.15) is 0 Å². The Hall–Kier alpha value is -1.17. The number of nitrogens with two attached hydrogens (primary N) is 1. The summed E-state index contributed by atoms with van der Waals surface area (Å²) < 4.78 is 11.3. The topological polar surface area (TPSA) is 64.8 Å². The second-order valence-electron chi connectivity index (χ2n) is 6.56. The number of likely N-dealkylation sites (tertiary alicyclic amines) is 1. The number of nitrogens with zero attached hydrogens (tertiary/aromatic N) is 1. The molecule has 1 amide bonds. The van der Waals surface area contributed by atoms with Crippen LogP contribution in [-0.4, -0.2) is 43.2 Å². The first-order chi connectivity index (χ1) is 12.0. The molecule has 1 fully saturated rings. The fraction of sp³-hybridized carbons (Fsp3) is 0.632. The van der Waals surface area contributed by atoms with Gasteiger partial charge in [-0.05, 0) is 51.2 Å². The molecule has 1 aromatic carbocycles. The largest absolute Gasteiger partial charge is 0.490 e. The quantitative estimate of drug-likeness (QED) is 0.740. The average Bonchev–Trinajstić information content (AvgIpc) is 2.60. The van der Waals surface area contributed by atoms with Crippen LogP contribution in [0.2, 0.25) is 5.02 Å². The Bertz CT molecular complexity index is 588. The maximum Gasteiger partial charge on any atom is 0.254 e. The van der Waals surface area contributed by atoms with Crippen LogP contribution in [0.1, 0.15) is 50.4 Å². The second-order valence-corrected chi connectivity index (χ2v) is 6.96. The van der Waals surface area contributed by atoms with Gasteiger partial charge in [0.2, 0.25) is 0 Å². The molecule has 26 heavy (non-hydrogen) atoms. The van der Waals surface area contributed by atoms with Crippen molar-refractivity contribution in [1.29, 1.82) is 0 Å². The molecule has 0 bridgehead atoms. The molecule has 7 heteroatoms. The van der Waals surface area contributed by atoms with E-state index in [1.165, 1.54) is 0 Å². The number of hydrogen-bond acceptors (Lipinski definition) is 4. The van der Waals surface area contributed by atoms with Gasteiger partial charge in [-0.1, -0.05) is 18.5 Å². The molecule has 0 saturated carbocycles. The van der Waals surface area contributed by atoms with E-state index in [1.54, 1.807) is 12.1 Å². The highest BCUT2D eigenvalue weighted by molar-refractivity contribution is 6.32. The molecule has 1 aliphatic heterocycles. The van der Waals surface area contributed by atoms with Gasteiger partial charge in [-0.3, -0.25) is 4.79 Å². The van der Waals surface area contributed by atoms with Gasteiger partial charge in [0, 0.05) is 24.7 Å². The van der Waals surface area contributed by atoms with Crippen LogP contribution in [0.4, 0.5) is 0 Å². The molecule has 2 rings (SSSR count). The summed E-state index contributed by atoms with van der Waals surface area (Å²) in [5.41, 5.74) is 6.52. The van der Waals surface area contributed by atoms with E-state index in [2.05, 4.69) is 0 Å². The van der Waals surface area contributed by atoms with Crippen LogP contribution in [0.15, 0.2) is 12.1 Å². The van der Waals surface area contributed by atoms with Crippen LogP contribution in [0.5, 0.6) is 11.5 Å². The highest BCUT2D eigenvalue weighted by atomic mass is 35.5. The van der Waals surface area contributed by atoms with E-state index < -0.39 is 0 Å². The first-order valence-corrected chi connectivity index (χ1v) is 9.49. The molecule has 0 aliphatic carbocycles. The Morgan fingerprint density at radius 1 is 1.31 bits per heavy atom. The fourth-order valence-corrected chi connectivity index (χ4v) is 3.37. The van der Waals surface area contributed by atoms with E-state index in [1.807, 2.05) is 25.7 Å². The zero-order chi connectivity index (χ0) is 18.4. The summed E-state index contributed by atoms with van der Waals surface area (Å²) in [4.78, 5) is 14.7. The summed E-state index contributed by atoms with van der Waals surface area (Å²) in [7, 11) is 0. The van der Waals surface area contributed by atoms with Crippen LogP contribution in [0, 0.1) is 5.92 Å². The first kappa shape index (κ1) is 22.9. The number of hydrogen-bond donors (Lipinski definition) is 1. The minimum Gasteiger partial charge on any atom is -0.490 e. The maximum atomic E-state index is 12.8. The molecular formula is C19H30Cl2N2O3. The van der Waals surface area contributed by atoms with Crippen molar-refractivity contribution in [2.75, 3.05) is 26.3 Å². The van der Waals surface area contributed by atoms with Crippen LogP contribution in [0.3, 0.4) is 0 Å². The lowest BCUT2D eigenvalue weighted by Crippen LogP contribution is -2.42. The summed E-state index contributed by atoms with van der Waals surface area (Å²) in [6.07, 6.45) is 2.75. The molecule has 1 atom stereocenters. The summed E-state index contributed by atoms with van der Waals surface area (Å²) >= 11 is 6.36. The Kier molecular flexibility index (Phi) is 9.55. The van der Waals surface area contributed by atoms with Crippen molar-refractivity contribution in [3.63, 3.8) is 0 Å². The van der Waals surface area contributed by atoms with E-state index in [4.69, 9.17) is 26.8 Å². The lowest BCUT2D eigenvalue weighted by atomic mass is 9.90. The minimum absolute atomic E-state index is 0. The van der Waals surface area contributed by atoms with Crippen molar-refractivity contribution < 1.29 is 14.3 Å². The summed E-state index contributed by atoms with van der Waals surface area (Å²) in [5, 5.41) is 0.410. The highest BCUT2D eigenvalue weighted by Gasteiger charge is 2.26. The van der Waals surface area contributed by atoms with Crippen LogP contribution in [-0.2, 0) is 0 Å². The lowest BCUT2D eigenvalue weighted by Gasteiger charge is -2.33. The number of benzene rings is 1. The molecule has 2 N–H and O–H groups in total. The van der Waals surface area contributed by atoms with Gasteiger partial charge in [-0.25, -0.2) is 0 Å². The number of piperidine rings is 1. The van der Waals surface area contributed by atoms with Crippen molar-refractivity contribution in [2.24, 2.45) is 11.7 Å². The minimum atomic E-state index is -0.0204. The third-order valence-corrected chi connectivity index (χ3v) is 4.86. The molecular weight excluding hydrogens is 375 g/mol. The average molecular weight is 405 g/mol. The second kappa shape index (κ2) is 10.9. The third kappa shape index (κ3) is 5.66. The third-order valence-electron chi connectivity index (χ3n) is 4.58. The molecule has 1 heterocycles. The number of ether oxygens (including phenoxy) is 2. The van der Waals surface area contributed by atoms with E-state index in [0.29, 0.717) is 41.2 Å². The zero-order valence-electron chi connectivity index (χ0n) is 15.8. The Labute approximate surface area is 167 Å². The maximum absolute atomic E-state index is 12.8. The summed E-state index contributed by atoms with van der Waals surface area (Å²) in [6.45, 7) is 8.43. The van der Waals surface area contributed by atoms with E-state index >= 15 is 0 Å². The normalized spacial score (nSPS) is 16.0. The van der Waals surface area contributed by atoms with E-state index in [0.717, 1.165) is 32.4 Å². The molecule has 1 aromatic rings. The van der Waals surface area contributed by atoms with Gasteiger partial charge in [0.05, 0.1) is 18.2 Å². The van der Waals surface area contributed by atoms with Crippen molar-refractivity contribution >= 4 is 29.9 Å². The fourth-order valence-electron chi connectivity index (χ4n) is 3.11. The Morgan fingerprint density at radius 2 is 1.96 bits per heavy atom. The van der Waals surface area contributed by atoms with Crippen molar-refractivity contribution in [3.8, 4) is 11.5 Å². The van der Waals surface area contributed by atoms with Crippen molar-refractivity contribution in [1.82, 2.24) is 4.90 Å². The van der Waals surface area contributed by atoms with Crippen LogP contribution < -0.4 is 15.2 Å². The number of amides is 1. The molecule has 1 unspecified atom stereocenters. The van der Waals surface area contributed by atoms with Gasteiger partial charge < -0.3 is 20.1 Å². The highest BCUT2D eigenvalue weighted by Crippen LogP contribution is 2.37. The van der Waals surface area contributed by atoms with E-state index in [-0.39, 0.29) is 24.4 Å². The molecule has 148 valence electrons. The lowest BCUT2D eigenvalue weighted by molar-refractivity contribution is 0.0680. The number of carbonyl (C=O) groups is 1. The molecule has 0 radical (unpaired) electrons. The summed E-state index contributed by atoms with van der Waals surface area (Å²) in [5.74, 6) is 1.50. The number of carbonyl (C=O) groups excluding carboxylic acids is 1. The van der Waals surface area contributed by atoms with Gasteiger partial charge >= 0.3 is 0 Å². The van der Waals surface area contributed by atoms with Crippen molar-refractivity contribution in [3.05, 3.63) is 22.7 Å². The molecule has 1 saturated heterocycles. The van der Waals surface area contributed by atoms with Gasteiger partial charge in [0.25, 0.3) is 5.91 Å². The molecule has 0 aromatic heterocycles. The molecule has 0 spiro atoms. The van der Waals surface area contributed by atoms with Crippen molar-refractivity contribution in [2.45, 2.75) is 46.1 Å². The zero-order valence-corrected chi connectivity index (χ0v) is 17.4. The standard InChI is InChI=1S/C19H29ClN2O3.ClH/c1-4-10-25-18-16(20)11-15(12-17(18)24-5-2)19(23)22-8-6-14(7-9-22)13(3)21;/h11-14H,4-10,21H2,1-3H3;1H. The van der Waals surface area contributed by atoms with Gasteiger partial charge in [0.1, 0.15) is 0 Å². The number of rotatable bonds is 7. The Morgan fingerprint density at radius 3 is 2.50 bits per heavy atom. The van der Waals surface area contributed by atoms with Gasteiger partial charge in [0.15, 0.2) is 11.5 Å². The predicted molar refractivity (Wildman–Crippen MR) is 108 cm³/mol. The SMILES string of the molecule is CCCOc1c(Cl)cc(C(=O)N2CCC(C(C)N)CC2)cc1OCC.Cl.